The third kappa shape index (κ3) is 5.14. The van der Waals surface area contributed by atoms with Crippen LogP contribution in [0.2, 0.25) is 0 Å². The molecule has 0 aliphatic heterocycles. The Morgan fingerprint density at radius 2 is 1.60 bits per heavy atom. The van der Waals surface area contributed by atoms with Gasteiger partial charge in [0.2, 0.25) is 10.0 Å². The molecule has 0 aliphatic rings. The first kappa shape index (κ1) is 19.1. The van der Waals surface area contributed by atoms with E-state index in [9.17, 15) is 13.2 Å². The molecule has 0 heterocycles. The maximum absolute atomic E-state index is 12.5. The van der Waals surface area contributed by atoms with E-state index in [2.05, 4.69) is 10.0 Å². The summed E-state index contributed by atoms with van der Waals surface area (Å²) in [5, 5.41) is 2.85. The largest absolute Gasteiger partial charge is 0.350 e. The van der Waals surface area contributed by atoms with Crippen LogP contribution in [0, 0.1) is 0 Å². The van der Waals surface area contributed by atoms with Crippen molar-refractivity contribution in [3.8, 4) is 0 Å². The van der Waals surface area contributed by atoms with Crippen LogP contribution in [0.15, 0.2) is 59.5 Å². The van der Waals surface area contributed by atoms with E-state index in [-0.39, 0.29) is 22.9 Å². The van der Waals surface area contributed by atoms with Crippen molar-refractivity contribution in [2.24, 2.45) is 0 Å². The zero-order chi connectivity index (χ0) is 18.4. The van der Waals surface area contributed by atoms with Crippen LogP contribution in [0.25, 0.3) is 0 Å². The lowest BCUT2D eigenvalue weighted by atomic mass is 10.1. The van der Waals surface area contributed by atoms with Crippen molar-refractivity contribution in [3.63, 3.8) is 0 Å². The summed E-state index contributed by atoms with van der Waals surface area (Å²) in [5.74, 6) is -0.205. The molecule has 0 bridgehead atoms. The molecule has 25 heavy (non-hydrogen) atoms. The van der Waals surface area contributed by atoms with Crippen LogP contribution in [-0.4, -0.2) is 20.4 Å². The van der Waals surface area contributed by atoms with Crippen molar-refractivity contribution in [2.75, 3.05) is 0 Å². The number of rotatable bonds is 7. The Bertz CT molecular complexity index is 802. The minimum Gasteiger partial charge on any atom is -0.350 e. The van der Waals surface area contributed by atoms with Gasteiger partial charge < -0.3 is 5.32 Å². The molecule has 2 aromatic carbocycles. The summed E-state index contributed by atoms with van der Waals surface area (Å²) in [7, 11) is -3.66. The molecule has 1 amide bonds. The predicted octanol–water partition coefficient (Wildman–Crippen LogP) is 3.25. The zero-order valence-corrected chi connectivity index (χ0v) is 15.5. The van der Waals surface area contributed by atoms with Gasteiger partial charge in [-0.2, -0.15) is 0 Å². The summed E-state index contributed by atoms with van der Waals surface area (Å²) in [6.07, 6.45) is 0.833. The van der Waals surface area contributed by atoms with E-state index in [1.54, 1.807) is 6.92 Å². The molecule has 2 rings (SSSR count). The predicted molar refractivity (Wildman–Crippen MR) is 98.8 cm³/mol. The molecule has 2 N–H and O–H groups in total. The topological polar surface area (TPSA) is 75.3 Å². The van der Waals surface area contributed by atoms with Crippen LogP contribution in [0.1, 0.15) is 49.2 Å². The Balaban J connectivity index is 2.11. The van der Waals surface area contributed by atoms with E-state index in [1.807, 2.05) is 44.2 Å². The van der Waals surface area contributed by atoms with E-state index < -0.39 is 10.0 Å². The van der Waals surface area contributed by atoms with Crippen LogP contribution in [0.3, 0.4) is 0 Å². The minimum absolute atomic E-state index is 0.0734. The maximum Gasteiger partial charge on any atom is 0.251 e. The molecule has 0 aliphatic carbocycles. The van der Waals surface area contributed by atoms with Gasteiger partial charge in [-0.25, -0.2) is 13.1 Å². The van der Waals surface area contributed by atoms with Crippen molar-refractivity contribution in [1.82, 2.24) is 10.0 Å². The Morgan fingerprint density at radius 3 is 2.16 bits per heavy atom. The van der Waals surface area contributed by atoms with Gasteiger partial charge in [-0.1, -0.05) is 37.3 Å². The monoisotopic (exact) mass is 360 g/mol. The third-order valence-electron chi connectivity index (χ3n) is 4.05. The molecule has 0 aromatic heterocycles. The van der Waals surface area contributed by atoms with E-state index in [1.165, 1.54) is 24.3 Å². The van der Waals surface area contributed by atoms with Gasteiger partial charge in [0.1, 0.15) is 0 Å². The highest BCUT2D eigenvalue weighted by Crippen LogP contribution is 2.17. The van der Waals surface area contributed by atoms with Crippen LogP contribution in [-0.2, 0) is 10.0 Å². The Labute approximate surface area is 149 Å². The smallest absolute Gasteiger partial charge is 0.251 e. The Morgan fingerprint density at radius 1 is 1.00 bits per heavy atom. The summed E-state index contributed by atoms with van der Waals surface area (Å²) in [6, 6.07) is 15.0. The van der Waals surface area contributed by atoms with E-state index >= 15 is 0 Å². The van der Waals surface area contributed by atoms with Gasteiger partial charge in [-0.15, -0.1) is 0 Å². The highest BCUT2D eigenvalue weighted by Gasteiger charge is 2.19. The van der Waals surface area contributed by atoms with Crippen LogP contribution in [0.4, 0.5) is 0 Å². The van der Waals surface area contributed by atoms with Crippen LogP contribution in [0.5, 0.6) is 0 Å². The van der Waals surface area contributed by atoms with Crippen molar-refractivity contribution < 1.29 is 13.2 Å². The van der Waals surface area contributed by atoms with Gasteiger partial charge in [-0.05, 0) is 50.1 Å². The summed E-state index contributed by atoms with van der Waals surface area (Å²) < 4.78 is 27.7. The first-order chi connectivity index (χ1) is 11.8. The summed E-state index contributed by atoms with van der Waals surface area (Å²) >= 11 is 0. The van der Waals surface area contributed by atoms with Crippen molar-refractivity contribution in [1.29, 1.82) is 0 Å². The van der Waals surface area contributed by atoms with E-state index in [0.717, 1.165) is 12.0 Å². The molecular formula is C19H24N2O3S. The van der Waals surface area contributed by atoms with Gasteiger partial charge in [0.15, 0.2) is 0 Å². The number of hydrogen-bond donors (Lipinski definition) is 2. The van der Waals surface area contributed by atoms with E-state index in [0.29, 0.717) is 5.56 Å². The fourth-order valence-corrected chi connectivity index (χ4v) is 3.54. The zero-order valence-electron chi connectivity index (χ0n) is 14.7. The number of nitrogens with one attached hydrogen (secondary N) is 2. The van der Waals surface area contributed by atoms with E-state index in [4.69, 9.17) is 0 Å². The number of hydrogen-bond acceptors (Lipinski definition) is 3. The summed E-state index contributed by atoms with van der Waals surface area (Å²) in [4.78, 5) is 12.2. The number of carbonyl (C=O) groups is 1. The average molecular weight is 360 g/mol. The van der Waals surface area contributed by atoms with Gasteiger partial charge in [0.05, 0.1) is 4.90 Å². The van der Waals surface area contributed by atoms with Crippen LogP contribution < -0.4 is 10.0 Å². The van der Waals surface area contributed by atoms with Crippen molar-refractivity contribution in [3.05, 3.63) is 65.7 Å². The van der Waals surface area contributed by atoms with Crippen LogP contribution >= 0.6 is 0 Å². The second-order valence-electron chi connectivity index (χ2n) is 6.06. The first-order valence-electron chi connectivity index (χ1n) is 8.31. The number of amides is 1. The Kier molecular flexibility index (Phi) is 6.33. The number of benzene rings is 2. The lowest BCUT2D eigenvalue weighted by Crippen LogP contribution is -2.32. The number of sulfonamides is 1. The molecule has 0 saturated carbocycles. The highest BCUT2D eigenvalue weighted by molar-refractivity contribution is 7.89. The summed E-state index contributed by atoms with van der Waals surface area (Å²) in [6.45, 7) is 5.70. The fourth-order valence-electron chi connectivity index (χ4n) is 2.31. The molecule has 0 fully saturated rings. The summed E-state index contributed by atoms with van der Waals surface area (Å²) in [5.41, 5.74) is 1.32. The van der Waals surface area contributed by atoms with Crippen molar-refractivity contribution >= 4 is 15.9 Å². The lowest BCUT2D eigenvalue weighted by Gasteiger charge is -2.15. The highest BCUT2D eigenvalue weighted by atomic mass is 32.2. The molecule has 5 nitrogen and oxygen atoms in total. The fraction of sp³-hybridized carbons (Fsp3) is 0.316. The molecule has 2 unspecified atom stereocenters. The second kappa shape index (κ2) is 8.27. The second-order valence-corrected chi connectivity index (χ2v) is 7.77. The molecule has 6 heteroatoms. The molecule has 0 radical (unpaired) electrons. The standard InChI is InChI=1S/C19H24N2O3S/c1-4-14(2)20-19(22)17-10-12-18(13-11-17)25(23,24)21-15(3)16-8-6-5-7-9-16/h5-15,21H,4H2,1-3H3,(H,20,22). The Hall–Kier alpha value is -2.18. The quantitative estimate of drug-likeness (QED) is 0.796. The SMILES string of the molecule is CCC(C)NC(=O)c1ccc(S(=O)(=O)NC(C)c2ccccc2)cc1. The minimum atomic E-state index is -3.66. The molecular weight excluding hydrogens is 336 g/mol. The van der Waals surface area contributed by atoms with Gasteiger partial charge in [0, 0.05) is 17.6 Å². The normalized spacial score (nSPS) is 13.9. The average Bonchev–Trinajstić information content (AvgIpc) is 2.62. The number of carbonyl (C=O) groups excluding carboxylic acids is 1. The molecule has 0 saturated heterocycles. The maximum atomic E-state index is 12.5. The third-order valence-corrected chi connectivity index (χ3v) is 5.60. The van der Waals surface area contributed by atoms with Gasteiger partial charge in [-0.3, -0.25) is 4.79 Å². The molecule has 0 spiro atoms. The van der Waals surface area contributed by atoms with Gasteiger partial charge >= 0.3 is 0 Å². The lowest BCUT2D eigenvalue weighted by molar-refractivity contribution is 0.0939. The molecule has 2 aromatic rings. The van der Waals surface area contributed by atoms with Gasteiger partial charge in [0.25, 0.3) is 5.91 Å². The molecule has 134 valence electrons. The van der Waals surface area contributed by atoms with Crippen molar-refractivity contribution in [2.45, 2.75) is 44.2 Å². The molecule has 2 atom stereocenters. The first-order valence-corrected chi connectivity index (χ1v) is 9.80.